The van der Waals surface area contributed by atoms with Gasteiger partial charge in [0.2, 0.25) is 0 Å². The van der Waals surface area contributed by atoms with Crippen LogP contribution in [0.5, 0.6) is 0 Å². The standard InChI is InChI=1S/C25H22FNO4/c1-13-5-9-19(15(3)11-13)27-22(20-10-6-16(4)31-20)21(24(29)25(27)30)23(28)17-7-8-18(26)14(2)12-17/h5-12,22,28H,1-4H3/b23-21-. The van der Waals surface area contributed by atoms with Crippen LogP contribution in [-0.2, 0) is 9.59 Å². The van der Waals surface area contributed by atoms with Crippen LogP contribution in [-0.4, -0.2) is 16.8 Å². The molecule has 4 rings (SSSR count). The van der Waals surface area contributed by atoms with E-state index in [1.807, 2.05) is 26.0 Å². The summed E-state index contributed by atoms with van der Waals surface area (Å²) < 4.78 is 19.5. The molecule has 0 radical (unpaired) electrons. The van der Waals surface area contributed by atoms with Crippen LogP contribution in [0, 0.1) is 33.5 Å². The lowest BCUT2D eigenvalue weighted by molar-refractivity contribution is -0.132. The van der Waals surface area contributed by atoms with Gasteiger partial charge in [0.15, 0.2) is 0 Å². The lowest BCUT2D eigenvalue weighted by Crippen LogP contribution is -2.30. The van der Waals surface area contributed by atoms with Gasteiger partial charge in [-0.25, -0.2) is 4.39 Å². The molecule has 1 aliphatic heterocycles. The molecular weight excluding hydrogens is 397 g/mol. The van der Waals surface area contributed by atoms with Crippen LogP contribution in [0.25, 0.3) is 5.76 Å². The zero-order chi connectivity index (χ0) is 22.4. The quantitative estimate of drug-likeness (QED) is 0.356. The molecule has 6 heteroatoms. The highest BCUT2D eigenvalue weighted by molar-refractivity contribution is 6.51. The number of halogens is 1. The summed E-state index contributed by atoms with van der Waals surface area (Å²) in [5.41, 5.74) is 2.87. The predicted octanol–water partition coefficient (Wildman–Crippen LogP) is 5.28. The summed E-state index contributed by atoms with van der Waals surface area (Å²) in [5.74, 6) is -1.40. The molecule has 2 aromatic carbocycles. The number of hydrogen-bond donors (Lipinski definition) is 1. The Hall–Kier alpha value is -3.67. The number of ketones is 1. The van der Waals surface area contributed by atoms with Gasteiger partial charge < -0.3 is 9.52 Å². The number of carbonyl (C=O) groups excluding carboxylic acids is 2. The molecule has 31 heavy (non-hydrogen) atoms. The number of aryl methyl sites for hydroxylation is 4. The van der Waals surface area contributed by atoms with Crippen LogP contribution >= 0.6 is 0 Å². The summed E-state index contributed by atoms with van der Waals surface area (Å²) in [7, 11) is 0. The van der Waals surface area contributed by atoms with Crippen molar-refractivity contribution in [1.82, 2.24) is 0 Å². The molecule has 1 fully saturated rings. The van der Waals surface area contributed by atoms with Crippen LogP contribution in [0.2, 0.25) is 0 Å². The molecule has 1 unspecified atom stereocenters. The number of anilines is 1. The van der Waals surface area contributed by atoms with Gasteiger partial charge in [-0.2, -0.15) is 0 Å². The lowest BCUT2D eigenvalue weighted by Gasteiger charge is -2.25. The molecule has 1 atom stereocenters. The molecule has 1 aromatic heterocycles. The number of rotatable bonds is 3. The van der Waals surface area contributed by atoms with Gasteiger partial charge in [-0.1, -0.05) is 17.7 Å². The second-order valence-corrected chi connectivity index (χ2v) is 7.87. The van der Waals surface area contributed by atoms with E-state index in [1.54, 1.807) is 32.0 Å². The molecule has 3 aromatic rings. The minimum absolute atomic E-state index is 0.0923. The Balaban J connectivity index is 1.96. The predicted molar refractivity (Wildman–Crippen MR) is 115 cm³/mol. The van der Waals surface area contributed by atoms with E-state index >= 15 is 0 Å². The Morgan fingerprint density at radius 2 is 1.71 bits per heavy atom. The molecule has 5 nitrogen and oxygen atoms in total. The van der Waals surface area contributed by atoms with E-state index < -0.39 is 23.5 Å². The van der Waals surface area contributed by atoms with E-state index in [0.29, 0.717) is 22.8 Å². The van der Waals surface area contributed by atoms with Crippen LogP contribution < -0.4 is 4.90 Å². The lowest BCUT2D eigenvalue weighted by atomic mass is 9.98. The Labute approximate surface area is 179 Å². The van der Waals surface area contributed by atoms with E-state index in [9.17, 15) is 19.1 Å². The fourth-order valence-electron chi connectivity index (χ4n) is 3.97. The molecule has 1 N–H and O–H groups in total. The van der Waals surface area contributed by atoms with Gasteiger partial charge in [-0.15, -0.1) is 0 Å². The topological polar surface area (TPSA) is 70.8 Å². The van der Waals surface area contributed by atoms with Gasteiger partial charge in [0.05, 0.1) is 5.57 Å². The third kappa shape index (κ3) is 3.44. The molecule has 0 saturated carbocycles. The molecule has 1 saturated heterocycles. The van der Waals surface area contributed by atoms with Crippen LogP contribution in [0.1, 0.15) is 39.8 Å². The number of carbonyl (C=O) groups is 2. The number of furan rings is 1. The second kappa shape index (κ2) is 7.54. The zero-order valence-corrected chi connectivity index (χ0v) is 17.7. The average Bonchev–Trinajstić information content (AvgIpc) is 3.25. The number of benzene rings is 2. The van der Waals surface area contributed by atoms with Gasteiger partial charge in [0.25, 0.3) is 11.7 Å². The number of Topliss-reactive ketones (excluding diaryl/α,β-unsaturated/α-hetero) is 1. The first kappa shape index (κ1) is 20.6. The summed E-state index contributed by atoms with van der Waals surface area (Å²) in [6.45, 7) is 7.12. The van der Waals surface area contributed by atoms with Gasteiger partial charge in [-0.05, 0) is 75.2 Å². The molecule has 158 valence electrons. The van der Waals surface area contributed by atoms with E-state index in [-0.39, 0.29) is 16.9 Å². The maximum Gasteiger partial charge on any atom is 0.300 e. The first-order valence-electron chi connectivity index (χ1n) is 9.90. The first-order valence-corrected chi connectivity index (χ1v) is 9.90. The highest BCUT2D eigenvalue weighted by atomic mass is 19.1. The minimum Gasteiger partial charge on any atom is -0.507 e. The smallest absolute Gasteiger partial charge is 0.300 e. The van der Waals surface area contributed by atoms with Crippen LogP contribution in [0.15, 0.2) is 58.5 Å². The van der Waals surface area contributed by atoms with E-state index in [4.69, 9.17) is 4.42 Å². The molecule has 1 amide bonds. The van der Waals surface area contributed by atoms with Crippen LogP contribution in [0.4, 0.5) is 10.1 Å². The van der Waals surface area contributed by atoms with Gasteiger partial charge in [-0.3, -0.25) is 14.5 Å². The monoisotopic (exact) mass is 419 g/mol. The summed E-state index contributed by atoms with van der Waals surface area (Å²) in [4.78, 5) is 27.6. The highest BCUT2D eigenvalue weighted by Crippen LogP contribution is 2.43. The van der Waals surface area contributed by atoms with Crippen molar-refractivity contribution in [2.24, 2.45) is 0 Å². The van der Waals surface area contributed by atoms with Crippen molar-refractivity contribution in [3.8, 4) is 0 Å². The summed E-state index contributed by atoms with van der Waals surface area (Å²) in [5, 5.41) is 11.1. The Bertz CT molecular complexity index is 1250. The second-order valence-electron chi connectivity index (χ2n) is 7.87. The van der Waals surface area contributed by atoms with Crippen molar-refractivity contribution in [2.75, 3.05) is 4.90 Å². The number of amides is 1. The molecule has 2 heterocycles. The van der Waals surface area contributed by atoms with Crippen molar-refractivity contribution < 1.29 is 23.5 Å². The Morgan fingerprint density at radius 3 is 2.32 bits per heavy atom. The Kier molecular flexibility index (Phi) is 5.01. The highest BCUT2D eigenvalue weighted by Gasteiger charge is 2.48. The normalized spacial score (nSPS) is 18.1. The molecule has 0 bridgehead atoms. The van der Waals surface area contributed by atoms with E-state index in [2.05, 4.69) is 0 Å². The van der Waals surface area contributed by atoms with Crippen LogP contribution in [0.3, 0.4) is 0 Å². The fourth-order valence-corrected chi connectivity index (χ4v) is 3.97. The average molecular weight is 419 g/mol. The summed E-state index contributed by atoms with van der Waals surface area (Å²) >= 11 is 0. The summed E-state index contributed by atoms with van der Waals surface area (Å²) in [6.07, 6.45) is 0. The molecular formula is C25H22FNO4. The number of aliphatic hydroxyl groups is 1. The SMILES string of the molecule is Cc1ccc(N2C(=O)C(=O)/C(=C(\O)c3ccc(F)c(C)c3)C2c2ccc(C)o2)c(C)c1. The first-order chi connectivity index (χ1) is 14.7. The number of nitrogens with zero attached hydrogens (tertiary/aromatic N) is 1. The van der Waals surface area contributed by atoms with Gasteiger partial charge >= 0.3 is 0 Å². The third-order valence-electron chi connectivity index (χ3n) is 5.52. The number of hydrogen-bond acceptors (Lipinski definition) is 4. The molecule has 0 aliphatic carbocycles. The largest absolute Gasteiger partial charge is 0.507 e. The maximum atomic E-state index is 13.7. The van der Waals surface area contributed by atoms with E-state index in [1.165, 1.54) is 23.1 Å². The van der Waals surface area contributed by atoms with Crippen molar-refractivity contribution in [2.45, 2.75) is 33.7 Å². The minimum atomic E-state index is -0.944. The zero-order valence-electron chi connectivity index (χ0n) is 17.7. The third-order valence-corrected chi connectivity index (χ3v) is 5.52. The van der Waals surface area contributed by atoms with Crippen molar-refractivity contribution in [3.63, 3.8) is 0 Å². The van der Waals surface area contributed by atoms with Crippen molar-refractivity contribution in [1.29, 1.82) is 0 Å². The maximum absolute atomic E-state index is 13.7. The van der Waals surface area contributed by atoms with E-state index in [0.717, 1.165) is 11.1 Å². The number of aliphatic hydroxyl groups excluding tert-OH is 1. The Morgan fingerprint density at radius 1 is 0.968 bits per heavy atom. The van der Waals surface area contributed by atoms with Crippen molar-refractivity contribution >= 4 is 23.1 Å². The van der Waals surface area contributed by atoms with Gasteiger partial charge in [0.1, 0.15) is 29.1 Å². The molecule has 0 spiro atoms. The molecule has 1 aliphatic rings. The summed E-state index contributed by atoms with van der Waals surface area (Å²) in [6, 6.07) is 12.1. The van der Waals surface area contributed by atoms with Gasteiger partial charge in [0, 0.05) is 11.3 Å². The van der Waals surface area contributed by atoms with Crippen molar-refractivity contribution in [3.05, 3.63) is 93.7 Å². The fraction of sp³-hybridized carbons (Fsp3) is 0.200.